The lowest BCUT2D eigenvalue weighted by molar-refractivity contribution is -0.130. The molecule has 0 radical (unpaired) electrons. The van der Waals surface area contributed by atoms with E-state index in [-0.39, 0.29) is 29.7 Å². The van der Waals surface area contributed by atoms with Gasteiger partial charge in [0.15, 0.2) is 0 Å². The number of methoxy groups -OCH3 is 1. The minimum Gasteiger partial charge on any atom is -0.497 e. The van der Waals surface area contributed by atoms with E-state index in [1.54, 1.807) is 26.2 Å². The first-order valence-corrected chi connectivity index (χ1v) is 9.67. The van der Waals surface area contributed by atoms with Crippen molar-refractivity contribution >= 4 is 23.4 Å². The van der Waals surface area contributed by atoms with Crippen molar-refractivity contribution in [1.82, 2.24) is 14.8 Å². The number of pyridine rings is 1. The highest BCUT2D eigenvalue weighted by molar-refractivity contribution is 6.30. The molecule has 2 amide bonds. The van der Waals surface area contributed by atoms with Gasteiger partial charge in [0.1, 0.15) is 11.4 Å². The number of ether oxygens (including phenoxy) is 1. The second-order valence-corrected chi connectivity index (χ2v) is 7.82. The summed E-state index contributed by atoms with van der Waals surface area (Å²) in [7, 11) is 1.63. The van der Waals surface area contributed by atoms with Crippen LogP contribution in [0, 0.1) is 11.8 Å². The molecule has 2 saturated heterocycles. The molecule has 0 spiro atoms. The van der Waals surface area contributed by atoms with E-state index in [1.165, 1.54) is 6.20 Å². The fourth-order valence-corrected chi connectivity index (χ4v) is 4.54. The van der Waals surface area contributed by atoms with Crippen molar-refractivity contribution in [2.75, 3.05) is 26.7 Å². The lowest BCUT2D eigenvalue weighted by Crippen LogP contribution is -2.36. The molecule has 6 nitrogen and oxygen atoms in total. The summed E-state index contributed by atoms with van der Waals surface area (Å²) in [4.78, 5) is 33.0. The van der Waals surface area contributed by atoms with Crippen LogP contribution in [0.1, 0.15) is 29.0 Å². The Morgan fingerprint density at radius 3 is 2.46 bits per heavy atom. The number of aromatic nitrogens is 1. The molecule has 2 aromatic rings. The second-order valence-electron chi connectivity index (χ2n) is 7.39. The molecule has 0 bridgehead atoms. The Bertz CT molecular complexity index is 885. The summed E-state index contributed by atoms with van der Waals surface area (Å²) in [6, 6.07) is 11.1. The SMILES string of the molecule is COc1ccc([C@H]2[C@@H]3CN(C(=O)c4ccc(Cl)cn4)C[C@@H]3CN2C(C)=O)cc1. The van der Waals surface area contributed by atoms with Gasteiger partial charge >= 0.3 is 0 Å². The topological polar surface area (TPSA) is 62.7 Å². The highest BCUT2D eigenvalue weighted by atomic mass is 35.5. The van der Waals surface area contributed by atoms with Crippen LogP contribution in [-0.2, 0) is 4.79 Å². The minimum absolute atomic E-state index is 0.0376. The number of fused-ring (bicyclic) bond motifs is 1. The molecule has 0 aliphatic carbocycles. The third-order valence-corrected chi connectivity index (χ3v) is 5.98. The third kappa shape index (κ3) is 3.33. The van der Waals surface area contributed by atoms with E-state index < -0.39 is 0 Å². The summed E-state index contributed by atoms with van der Waals surface area (Å²) in [5.74, 6) is 1.21. The number of nitrogens with zero attached hydrogens (tertiary/aromatic N) is 3. The van der Waals surface area contributed by atoms with Crippen molar-refractivity contribution < 1.29 is 14.3 Å². The van der Waals surface area contributed by atoms with Gasteiger partial charge in [-0.15, -0.1) is 0 Å². The highest BCUT2D eigenvalue weighted by Crippen LogP contribution is 2.45. The van der Waals surface area contributed by atoms with Crippen molar-refractivity contribution in [3.8, 4) is 5.75 Å². The van der Waals surface area contributed by atoms with Gasteiger partial charge in [-0.3, -0.25) is 9.59 Å². The first kappa shape index (κ1) is 18.7. The summed E-state index contributed by atoms with van der Waals surface area (Å²) in [6.45, 7) is 3.51. The quantitative estimate of drug-likeness (QED) is 0.795. The zero-order valence-electron chi connectivity index (χ0n) is 15.8. The maximum absolute atomic E-state index is 12.9. The Morgan fingerprint density at radius 1 is 1.11 bits per heavy atom. The van der Waals surface area contributed by atoms with Gasteiger partial charge in [-0.2, -0.15) is 0 Å². The predicted octanol–water partition coefficient (Wildman–Crippen LogP) is 3.04. The van der Waals surface area contributed by atoms with Gasteiger partial charge in [-0.1, -0.05) is 23.7 Å². The molecule has 1 aromatic carbocycles. The number of hydrogen-bond acceptors (Lipinski definition) is 4. The average Bonchev–Trinajstić information content (AvgIpc) is 3.26. The maximum atomic E-state index is 12.9. The van der Waals surface area contributed by atoms with Crippen LogP contribution < -0.4 is 4.74 Å². The van der Waals surface area contributed by atoms with Crippen molar-refractivity contribution in [3.63, 3.8) is 0 Å². The standard InChI is InChI=1S/C21H22ClN3O3/c1-13(26)25-11-15-10-24(21(27)19-8-5-16(22)9-23-19)12-18(15)20(25)14-3-6-17(28-2)7-4-14/h3-9,15,18,20H,10-12H2,1-2H3/t15-,18-,20+/m1/s1. The zero-order valence-corrected chi connectivity index (χ0v) is 16.6. The van der Waals surface area contributed by atoms with Gasteiger partial charge < -0.3 is 14.5 Å². The molecule has 0 saturated carbocycles. The predicted molar refractivity (Wildman–Crippen MR) is 105 cm³/mol. The Labute approximate surface area is 169 Å². The van der Waals surface area contributed by atoms with Crippen LogP contribution >= 0.6 is 11.6 Å². The van der Waals surface area contributed by atoms with Crippen LogP contribution in [0.4, 0.5) is 0 Å². The number of likely N-dealkylation sites (tertiary alicyclic amines) is 2. The number of carbonyl (C=O) groups excluding carboxylic acids is 2. The van der Waals surface area contributed by atoms with Crippen LogP contribution in [0.2, 0.25) is 5.02 Å². The number of amides is 2. The molecular formula is C21H22ClN3O3. The number of halogens is 1. The molecule has 3 atom stereocenters. The number of hydrogen-bond donors (Lipinski definition) is 0. The van der Waals surface area contributed by atoms with Crippen molar-refractivity contribution in [2.45, 2.75) is 13.0 Å². The summed E-state index contributed by atoms with van der Waals surface area (Å²) < 4.78 is 5.25. The van der Waals surface area contributed by atoms with Crippen molar-refractivity contribution in [2.24, 2.45) is 11.8 Å². The minimum atomic E-state index is -0.0890. The van der Waals surface area contributed by atoms with Crippen LogP contribution in [0.3, 0.4) is 0 Å². The molecule has 2 fully saturated rings. The lowest BCUT2D eigenvalue weighted by atomic mass is 9.89. The van der Waals surface area contributed by atoms with E-state index in [1.807, 2.05) is 34.1 Å². The van der Waals surface area contributed by atoms with E-state index in [4.69, 9.17) is 16.3 Å². The van der Waals surface area contributed by atoms with E-state index in [0.717, 1.165) is 11.3 Å². The van der Waals surface area contributed by atoms with Gasteiger partial charge in [-0.05, 0) is 29.8 Å². The van der Waals surface area contributed by atoms with Crippen LogP contribution in [0.15, 0.2) is 42.6 Å². The summed E-state index contributed by atoms with van der Waals surface area (Å²) >= 11 is 5.87. The van der Waals surface area contributed by atoms with Gasteiger partial charge in [0, 0.05) is 44.6 Å². The first-order valence-electron chi connectivity index (χ1n) is 9.30. The van der Waals surface area contributed by atoms with Crippen LogP contribution in [0.5, 0.6) is 5.75 Å². The largest absolute Gasteiger partial charge is 0.497 e. The molecule has 3 heterocycles. The van der Waals surface area contributed by atoms with Gasteiger partial charge in [0.2, 0.25) is 5.91 Å². The Hall–Kier alpha value is -2.60. The molecular weight excluding hydrogens is 378 g/mol. The normalized spacial score (nSPS) is 23.6. The van der Waals surface area contributed by atoms with Gasteiger partial charge in [0.05, 0.1) is 18.2 Å². The van der Waals surface area contributed by atoms with Crippen molar-refractivity contribution in [3.05, 3.63) is 58.9 Å². The summed E-state index contributed by atoms with van der Waals surface area (Å²) in [5.41, 5.74) is 1.47. The monoisotopic (exact) mass is 399 g/mol. The second kappa shape index (κ2) is 7.43. The molecule has 7 heteroatoms. The Balaban J connectivity index is 1.57. The van der Waals surface area contributed by atoms with Crippen LogP contribution in [-0.4, -0.2) is 53.3 Å². The average molecular weight is 400 g/mol. The molecule has 4 rings (SSSR count). The van der Waals surface area contributed by atoms with E-state index in [0.29, 0.717) is 30.4 Å². The lowest BCUT2D eigenvalue weighted by Gasteiger charge is -2.29. The molecule has 2 aliphatic heterocycles. The summed E-state index contributed by atoms with van der Waals surface area (Å²) in [6.07, 6.45) is 1.49. The number of carbonyl (C=O) groups is 2. The zero-order chi connectivity index (χ0) is 19.8. The first-order chi connectivity index (χ1) is 13.5. The van der Waals surface area contributed by atoms with Crippen LogP contribution in [0.25, 0.3) is 0 Å². The smallest absolute Gasteiger partial charge is 0.272 e. The Morgan fingerprint density at radius 2 is 1.86 bits per heavy atom. The molecule has 1 aromatic heterocycles. The van der Waals surface area contributed by atoms with Gasteiger partial charge in [0.25, 0.3) is 5.91 Å². The fraction of sp³-hybridized carbons (Fsp3) is 0.381. The Kier molecular flexibility index (Phi) is 4.98. The van der Waals surface area contributed by atoms with E-state index in [9.17, 15) is 9.59 Å². The number of benzene rings is 1. The van der Waals surface area contributed by atoms with Crippen molar-refractivity contribution in [1.29, 1.82) is 0 Å². The highest BCUT2D eigenvalue weighted by Gasteiger charge is 2.49. The van der Waals surface area contributed by atoms with Gasteiger partial charge in [-0.25, -0.2) is 4.98 Å². The summed E-state index contributed by atoms with van der Waals surface area (Å²) in [5, 5.41) is 0.506. The fourth-order valence-electron chi connectivity index (χ4n) is 4.43. The van der Waals surface area contributed by atoms with E-state index in [2.05, 4.69) is 4.98 Å². The molecule has 28 heavy (non-hydrogen) atoms. The molecule has 0 unspecified atom stereocenters. The number of rotatable bonds is 3. The van der Waals surface area contributed by atoms with E-state index >= 15 is 0 Å². The molecule has 146 valence electrons. The molecule has 0 N–H and O–H groups in total. The molecule has 2 aliphatic rings. The third-order valence-electron chi connectivity index (χ3n) is 5.76. The maximum Gasteiger partial charge on any atom is 0.272 e.